The predicted molar refractivity (Wildman–Crippen MR) is 85.5 cm³/mol. The zero-order valence-corrected chi connectivity index (χ0v) is 15.0. The molecule has 1 atom stereocenters. The molecule has 0 bridgehead atoms. The SMILES string of the molecule is CC(C)C(C)N(C1CC1)S(=O)(=O)c1ccc(Br)cc1Cl. The second kappa shape index (κ2) is 5.95. The lowest BCUT2D eigenvalue weighted by Crippen LogP contribution is -2.43. The summed E-state index contributed by atoms with van der Waals surface area (Å²) >= 11 is 9.43. The lowest BCUT2D eigenvalue weighted by Gasteiger charge is -2.31. The molecule has 0 N–H and O–H groups in total. The van der Waals surface area contributed by atoms with Crippen molar-refractivity contribution in [1.82, 2.24) is 4.31 Å². The van der Waals surface area contributed by atoms with Crippen molar-refractivity contribution < 1.29 is 8.42 Å². The predicted octanol–water partition coefficient (Wildman–Crippen LogP) is 4.30. The van der Waals surface area contributed by atoms with Gasteiger partial charge < -0.3 is 0 Å². The summed E-state index contributed by atoms with van der Waals surface area (Å²) in [4.78, 5) is 0.196. The molecule has 1 fully saturated rings. The zero-order valence-electron chi connectivity index (χ0n) is 11.8. The van der Waals surface area contributed by atoms with Gasteiger partial charge in [-0.2, -0.15) is 4.31 Å². The van der Waals surface area contributed by atoms with Crippen molar-refractivity contribution >= 4 is 37.6 Å². The number of hydrogen-bond donors (Lipinski definition) is 0. The fraction of sp³-hybridized carbons (Fsp3) is 0.571. The van der Waals surface area contributed by atoms with Crippen LogP contribution >= 0.6 is 27.5 Å². The zero-order chi connectivity index (χ0) is 15.1. The molecule has 0 radical (unpaired) electrons. The highest BCUT2D eigenvalue weighted by Gasteiger charge is 2.42. The summed E-state index contributed by atoms with van der Waals surface area (Å²) in [7, 11) is -3.55. The smallest absolute Gasteiger partial charge is 0.207 e. The molecule has 1 aliphatic carbocycles. The first-order valence-electron chi connectivity index (χ1n) is 6.73. The average Bonchev–Trinajstić information content (AvgIpc) is 3.12. The quantitative estimate of drug-likeness (QED) is 0.763. The summed E-state index contributed by atoms with van der Waals surface area (Å²) in [5, 5.41) is 0.265. The van der Waals surface area contributed by atoms with Crippen molar-refractivity contribution in [2.24, 2.45) is 5.92 Å². The van der Waals surface area contributed by atoms with Gasteiger partial charge in [-0.1, -0.05) is 41.4 Å². The Morgan fingerprint density at radius 1 is 1.30 bits per heavy atom. The Morgan fingerprint density at radius 2 is 1.90 bits per heavy atom. The van der Waals surface area contributed by atoms with Crippen LogP contribution in [-0.4, -0.2) is 24.8 Å². The van der Waals surface area contributed by atoms with Gasteiger partial charge in [0.2, 0.25) is 10.0 Å². The third-order valence-corrected chi connectivity index (χ3v) is 6.74. The van der Waals surface area contributed by atoms with Crippen LogP contribution in [0.3, 0.4) is 0 Å². The summed E-state index contributed by atoms with van der Waals surface area (Å²) in [5.74, 6) is 0.264. The third kappa shape index (κ3) is 3.21. The molecule has 6 heteroatoms. The van der Waals surface area contributed by atoms with E-state index in [0.29, 0.717) is 0 Å². The van der Waals surface area contributed by atoms with Gasteiger partial charge in [0, 0.05) is 16.6 Å². The summed E-state index contributed by atoms with van der Waals surface area (Å²) in [6.07, 6.45) is 1.87. The number of benzene rings is 1. The molecule has 0 heterocycles. The van der Waals surface area contributed by atoms with Gasteiger partial charge in [0.15, 0.2) is 0 Å². The maximum Gasteiger partial charge on any atom is 0.245 e. The summed E-state index contributed by atoms with van der Waals surface area (Å²) in [6, 6.07) is 5.00. The molecule has 3 nitrogen and oxygen atoms in total. The molecule has 0 amide bonds. The van der Waals surface area contributed by atoms with E-state index in [1.54, 1.807) is 22.5 Å². The standard InChI is InChI=1S/C14H19BrClNO2S/c1-9(2)10(3)17(12-5-6-12)20(18,19)14-7-4-11(15)8-13(14)16/h4,7-10,12H,5-6H2,1-3H3. The molecule has 1 aromatic carbocycles. The maximum absolute atomic E-state index is 12.9. The van der Waals surface area contributed by atoms with Crippen LogP contribution in [0.25, 0.3) is 0 Å². The highest BCUT2D eigenvalue weighted by molar-refractivity contribution is 9.10. The van der Waals surface area contributed by atoms with Crippen LogP contribution in [0.4, 0.5) is 0 Å². The van der Waals surface area contributed by atoms with Gasteiger partial charge >= 0.3 is 0 Å². The molecule has 20 heavy (non-hydrogen) atoms. The first-order valence-corrected chi connectivity index (χ1v) is 9.35. The first kappa shape index (κ1) is 16.3. The first-order chi connectivity index (χ1) is 9.25. The van der Waals surface area contributed by atoms with Crippen LogP contribution in [-0.2, 0) is 10.0 Å². The van der Waals surface area contributed by atoms with Crippen LogP contribution in [0.5, 0.6) is 0 Å². The van der Waals surface area contributed by atoms with Crippen molar-refractivity contribution in [3.8, 4) is 0 Å². The number of sulfonamides is 1. The molecule has 1 saturated carbocycles. The van der Waals surface area contributed by atoms with E-state index < -0.39 is 10.0 Å². The van der Waals surface area contributed by atoms with Gasteiger partial charge in [-0.3, -0.25) is 0 Å². The third-order valence-electron chi connectivity index (χ3n) is 3.72. The van der Waals surface area contributed by atoms with E-state index in [9.17, 15) is 8.42 Å². The van der Waals surface area contributed by atoms with Crippen LogP contribution in [0, 0.1) is 5.92 Å². The van der Waals surface area contributed by atoms with Gasteiger partial charge in [-0.25, -0.2) is 8.42 Å². The van der Waals surface area contributed by atoms with Crippen molar-refractivity contribution in [3.63, 3.8) is 0 Å². The fourth-order valence-electron chi connectivity index (χ4n) is 2.17. The molecular formula is C14H19BrClNO2S. The molecular weight excluding hydrogens is 362 g/mol. The van der Waals surface area contributed by atoms with Crippen molar-refractivity contribution in [3.05, 3.63) is 27.7 Å². The molecule has 1 aromatic rings. The van der Waals surface area contributed by atoms with Crippen LogP contribution in [0.2, 0.25) is 5.02 Å². The van der Waals surface area contributed by atoms with Gasteiger partial charge in [-0.05, 0) is 43.9 Å². The van der Waals surface area contributed by atoms with Crippen LogP contribution in [0.1, 0.15) is 33.6 Å². The summed E-state index contributed by atoms with van der Waals surface area (Å²) in [5.41, 5.74) is 0. The molecule has 112 valence electrons. The Kier molecular flexibility index (Phi) is 4.84. The van der Waals surface area contributed by atoms with Crippen molar-refractivity contribution in [2.75, 3.05) is 0 Å². The van der Waals surface area contributed by atoms with E-state index in [-0.39, 0.29) is 27.9 Å². The largest absolute Gasteiger partial charge is 0.245 e. The van der Waals surface area contributed by atoms with Crippen LogP contribution in [0.15, 0.2) is 27.6 Å². The lowest BCUT2D eigenvalue weighted by atomic mass is 10.1. The number of halogens is 2. The van der Waals surface area contributed by atoms with E-state index in [1.165, 1.54) is 0 Å². The minimum Gasteiger partial charge on any atom is -0.207 e. The molecule has 0 saturated heterocycles. The second-order valence-electron chi connectivity index (χ2n) is 5.63. The molecule has 1 aliphatic rings. The Bertz CT molecular complexity index is 599. The van der Waals surface area contributed by atoms with Gasteiger partial charge in [0.25, 0.3) is 0 Å². The lowest BCUT2D eigenvalue weighted by molar-refractivity contribution is 0.269. The average molecular weight is 381 g/mol. The molecule has 1 unspecified atom stereocenters. The van der Waals surface area contributed by atoms with Crippen molar-refractivity contribution in [1.29, 1.82) is 0 Å². The molecule has 0 spiro atoms. The van der Waals surface area contributed by atoms with Gasteiger partial charge in [0.1, 0.15) is 4.90 Å². The van der Waals surface area contributed by atoms with E-state index >= 15 is 0 Å². The number of hydrogen-bond acceptors (Lipinski definition) is 2. The number of rotatable bonds is 5. The number of nitrogens with zero attached hydrogens (tertiary/aromatic N) is 1. The van der Waals surface area contributed by atoms with Crippen LogP contribution < -0.4 is 0 Å². The Balaban J connectivity index is 2.45. The molecule has 2 rings (SSSR count). The Hall–Kier alpha value is -0.100. The summed E-state index contributed by atoms with van der Waals surface area (Å²) < 4.78 is 28.3. The fourth-order valence-corrected chi connectivity index (χ4v) is 5.19. The van der Waals surface area contributed by atoms with E-state index in [1.807, 2.05) is 20.8 Å². The summed E-state index contributed by atoms with van der Waals surface area (Å²) in [6.45, 7) is 6.05. The van der Waals surface area contributed by atoms with Crippen molar-refractivity contribution in [2.45, 2.75) is 50.6 Å². The minimum absolute atomic E-state index is 0.0350. The van der Waals surface area contributed by atoms with E-state index in [0.717, 1.165) is 17.3 Å². The maximum atomic E-state index is 12.9. The monoisotopic (exact) mass is 379 g/mol. The van der Waals surface area contributed by atoms with Gasteiger partial charge in [0.05, 0.1) is 5.02 Å². The van der Waals surface area contributed by atoms with Gasteiger partial charge in [-0.15, -0.1) is 0 Å². The second-order valence-corrected chi connectivity index (χ2v) is 8.76. The van der Waals surface area contributed by atoms with E-state index in [4.69, 9.17) is 11.6 Å². The Morgan fingerprint density at radius 3 is 2.35 bits per heavy atom. The van der Waals surface area contributed by atoms with E-state index in [2.05, 4.69) is 15.9 Å². The Labute approximate surface area is 134 Å². The molecule has 0 aliphatic heterocycles. The minimum atomic E-state index is -3.55. The topological polar surface area (TPSA) is 37.4 Å². The normalized spacial score (nSPS) is 17.8. The highest BCUT2D eigenvalue weighted by atomic mass is 79.9. The highest BCUT2D eigenvalue weighted by Crippen LogP contribution is 2.37. The molecule has 0 aromatic heterocycles.